The molecule has 126 valence electrons. The van der Waals surface area contributed by atoms with Gasteiger partial charge in [0.1, 0.15) is 6.61 Å². The number of carbonyl (C=O) groups is 2. The fourth-order valence-corrected chi connectivity index (χ4v) is 4.25. The van der Waals surface area contributed by atoms with Crippen molar-refractivity contribution in [2.24, 2.45) is 5.73 Å². The number of thiophene rings is 1. The van der Waals surface area contributed by atoms with E-state index in [2.05, 4.69) is 10.7 Å². The smallest absolute Gasteiger partial charge is 0.262 e. The minimum absolute atomic E-state index is 0.0682. The number of nitrogens with two attached hydrogens (primary N) is 1. The van der Waals surface area contributed by atoms with Crippen LogP contribution in [0.3, 0.4) is 0 Å². The molecule has 2 aliphatic rings. The number of nitrogens with one attached hydrogen (secondary N) is 1. The summed E-state index contributed by atoms with van der Waals surface area (Å²) in [6.45, 7) is 0.818. The van der Waals surface area contributed by atoms with E-state index in [4.69, 9.17) is 15.2 Å². The van der Waals surface area contributed by atoms with Crippen LogP contribution in [0.15, 0.2) is 5.38 Å². The normalized spacial score (nSPS) is 24.0. The molecule has 3 N–H and O–H groups in total. The van der Waals surface area contributed by atoms with E-state index in [0.29, 0.717) is 19.6 Å². The van der Waals surface area contributed by atoms with E-state index >= 15 is 0 Å². The zero-order chi connectivity index (χ0) is 16.2. The van der Waals surface area contributed by atoms with Gasteiger partial charge in [0.15, 0.2) is 0 Å². The molecule has 1 aliphatic carbocycles. The summed E-state index contributed by atoms with van der Waals surface area (Å²) in [5, 5.41) is 5.11. The largest absolute Gasteiger partial charge is 0.379 e. The van der Waals surface area contributed by atoms with Crippen molar-refractivity contribution in [3.63, 3.8) is 0 Å². The third-order valence-corrected chi connectivity index (χ3v) is 5.43. The van der Waals surface area contributed by atoms with Crippen molar-refractivity contribution in [3.8, 4) is 0 Å². The molecule has 1 aromatic rings. The Morgan fingerprint density at radius 2 is 2.22 bits per heavy atom. The predicted octanol–water partition coefficient (Wildman–Crippen LogP) is 1.02. The fraction of sp³-hybridized carbons (Fsp3) is 0.625. The summed E-state index contributed by atoms with van der Waals surface area (Å²) < 4.78 is 11.0. The molecule has 2 heterocycles. The van der Waals surface area contributed by atoms with E-state index in [0.717, 1.165) is 24.1 Å². The molecule has 0 saturated carbocycles. The molecule has 0 spiro atoms. The van der Waals surface area contributed by atoms with Crippen molar-refractivity contribution in [1.82, 2.24) is 5.32 Å². The summed E-state index contributed by atoms with van der Waals surface area (Å²) in [6.07, 6.45) is 4.78. The van der Waals surface area contributed by atoms with E-state index in [-0.39, 0.29) is 24.7 Å². The Morgan fingerprint density at radius 3 is 3.04 bits per heavy atom. The zero-order valence-corrected chi connectivity index (χ0v) is 13.8. The molecule has 6 nitrogen and oxygen atoms in total. The zero-order valence-electron chi connectivity index (χ0n) is 13.0. The highest BCUT2D eigenvalue weighted by molar-refractivity contribution is 7.12. The highest BCUT2D eigenvalue weighted by Gasteiger charge is 2.30. The summed E-state index contributed by atoms with van der Waals surface area (Å²) in [5.41, 5.74) is 7.64. The molecule has 0 unspecified atom stereocenters. The summed E-state index contributed by atoms with van der Waals surface area (Å²) in [4.78, 5) is 24.3. The van der Waals surface area contributed by atoms with Gasteiger partial charge in [0.25, 0.3) is 5.91 Å². The lowest BCUT2D eigenvalue weighted by Crippen LogP contribution is -2.51. The van der Waals surface area contributed by atoms with Crippen LogP contribution in [0, 0.1) is 0 Å². The fourth-order valence-electron chi connectivity index (χ4n) is 3.19. The first-order chi connectivity index (χ1) is 11.1. The van der Waals surface area contributed by atoms with Gasteiger partial charge < -0.3 is 20.5 Å². The number of rotatable bonds is 5. The molecule has 1 saturated heterocycles. The van der Waals surface area contributed by atoms with E-state index in [1.54, 1.807) is 0 Å². The summed E-state index contributed by atoms with van der Waals surface area (Å²) in [6, 6.07) is -0.253. The molecular formula is C16H22N2O4S. The molecule has 1 aromatic heterocycles. The second-order valence-electron chi connectivity index (χ2n) is 6.04. The van der Waals surface area contributed by atoms with Gasteiger partial charge in [0, 0.05) is 6.61 Å². The average Bonchev–Trinajstić information content (AvgIpc) is 2.98. The summed E-state index contributed by atoms with van der Waals surface area (Å²) >= 11 is 1.51. The van der Waals surface area contributed by atoms with Crippen molar-refractivity contribution < 1.29 is 19.1 Å². The van der Waals surface area contributed by atoms with Crippen LogP contribution < -0.4 is 11.1 Å². The van der Waals surface area contributed by atoms with Gasteiger partial charge >= 0.3 is 0 Å². The second-order valence-corrected chi connectivity index (χ2v) is 6.91. The second kappa shape index (κ2) is 7.42. The lowest BCUT2D eigenvalue weighted by Gasteiger charge is -2.31. The highest BCUT2D eigenvalue weighted by Crippen LogP contribution is 2.30. The number of amides is 2. The standard InChI is InChI=1S/C16H22N2O4S/c17-14(19)8-22-13-5-6-21-7-12(13)18-16(20)15-11-4-2-1-3-10(11)9-23-15/h9,12-13H,1-8H2,(H2,17,19)(H,18,20)/t12-,13+/m1/s1. The van der Waals surface area contributed by atoms with E-state index in [1.165, 1.54) is 28.9 Å². The molecule has 0 bridgehead atoms. The maximum atomic E-state index is 12.6. The first-order valence-electron chi connectivity index (χ1n) is 8.03. The number of ether oxygens (including phenoxy) is 2. The van der Waals surface area contributed by atoms with E-state index in [1.807, 2.05) is 0 Å². The monoisotopic (exact) mass is 338 g/mol. The molecule has 1 aliphatic heterocycles. The quantitative estimate of drug-likeness (QED) is 0.838. The van der Waals surface area contributed by atoms with Crippen molar-refractivity contribution >= 4 is 23.2 Å². The van der Waals surface area contributed by atoms with Crippen LogP contribution in [0.1, 0.15) is 40.1 Å². The van der Waals surface area contributed by atoms with E-state index < -0.39 is 5.91 Å². The number of carbonyl (C=O) groups excluding carboxylic acids is 2. The number of primary amides is 1. The molecule has 7 heteroatoms. The van der Waals surface area contributed by atoms with E-state index in [9.17, 15) is 9.59 Å². The third-order valence-electron chi connectivity index (χ3n) is 4.36. The molecule has 3 rings (SSSR count). The minimum atomic E-state index is -0.506. The average molecular weight is 338 g/mol. The van der Waals surface area contributed by atoms with Crippen molar-refractivity contribution in [2.75, 3.05) is 19.8 Å². The molecule has 1 fully saturated rings. The van der Waals surface area contributed by atoms with Crippen LogP contribution in [0.5, 0.6) is 0 Å². The highest BCUT2D eigenvalue weighted by atomic mass is 32.1. The molecular weight excluding hydrogens is 316 g/mol. The molecule has 0 aromatic carbocycles. The number of hydrogen-bond acceptors (Lipinski definition) is 5. The third kappa shape index (κ3) is 3.91. The van der Waals surface area contributed by atoms with Crippen molar-refractivity contribution in [1.29, 1.82) is 0 Å². The van der Waals surface area contributed by atoms with Gasteiger partial charge in [-0.2, -0.15) is 0 Å². The maximum Gasteiger partial charge on any atom is 0.262 e. The molecule has 23 heavy (non-hydrogen) atoms. The lowest BCUT2D eigenvalue weighted by molar-refractivity contribution is -0.128. The SMILES string of the molecule is NC(=O)CO[C@H]1CCOC[C@H]1NC(=O)c1scc2c1CCCC2. The minimum Gasteiger partial charge on any atom is -0.379 e. The Balaban J connectivity index is 1.65. The Morgan fingerprint density at radius 1 is 1.39 bits per heavy atom. The van der Waals surface area contributed by atoms with Gasteiger partial charge in [-0.3, -0.25) is 9.59 Å². The Labute approximate surface area is 139 Å². The van der Waals surface area contributed by atoms with Crippen LogP contribution in [-0.4, -0.2) is 43.8 Å². The van der Waals surface area contributed by atoms with Gasteiger partial charge in [-0.1, -0.05) is 0 Å². The lowest BCUT2D eigenvalue weighted by atomic mass is 9.93. The van der Waals surface area contributed by atoms with Gasteiger partial charge in [0.05, 0.1) is 23.6 Å². The summed E-state index contributed by atoms with van der Waals surface area (Å²) in [5.74, 6) is -0.574. The van der Waals surface area contributed by atoms with Gasteiger partial charge in [-0.05, 0) is 48.6 Å². The molecule has 2 atom stereocenters. The number of hydrogen-bond donors (Lipinski definition) is 2. The Bertz CT molecular complexity index is 587. The van der Waals surface area contributed by atoms with Gasteiger partial charge in [-0.25, -0.2) is 0 Å². The van der Waals surface area contributed by atoms with Crippen LogP contribution in [0.4, 0.5) is 0 Å². The van der Waals surface area contributed by atoms with Crippen LogP contribution >= 0.6 is 11.3 Å². The number of fused-ring (bicyclic) bond motifs is 1. The van der Waals surface area contributed by atoms with Gasteiger partial charge in [-0.15, -0.1) is 11.3 Å². The number of aryl methyl sites for hydroxylation is 1. The Hall–Kier alpha value is -1.44. The maximum absolute atomic E-state index is 12.6. The van der Waals surface area contributed by atoms with Crippen LogP contribution in [-0.2, 0) is 27.1 Å². The molecule has 2 amide bonds. The van der Waals surface area contributed by atoms with Gasteiger partial charge in [0.2, 0.25) is 5.91 Å². The van der Waals surface area contributed by atoms with Crippen molar-refractivity contribution in [3.05, 3.63) is 21.4 Å². The van der Waals surface area contributed by atoms with Crippen molar-refractivity contribution in [2.45, 2.75) is 44.2 Å². The summed E-state index contributed by atoms with van der Waals surface area (Å²) in [7, 11) is 0. The van der Waals surface area contributed by atoms with Crippen LogP contribution in [0.25, 0.3) is 0 Å². The molecule has 0 radical (unpaired) electrons. The Kier molecular flexibility index (Phi) is 5.30. The van der Waals surface area contributed by atoms with Crippen LogP contribution in [0.2, 0.25) is 0 Å². The first kappa shape index (κ1) is 16.4. The topological polar surface area (TPSA) is 90.7 Å². The first-order valence-corrected chi connectivity index (χ1v) is 8.91. The predicted molar refractivity (Wildman–Crippen MR) is 86.6 cm³/mol.